The number of halogens is 3. The van der Waals surface area contributed by atoms with Gasteiger partial charge in [-0.3, -0.25) is 19.1 Å². The van der Waals surface area contributed by atoms with Gasteiger partial charge in [-0.25, -0.2) is 17.2 Å². The SMILES string of the molecule is COc1ccc(OC2CC(C(=O)N[C@]3(C(=O)NS(=O)(=O)C4CC4)C[C@H]3CC(F)F)N(C(=O)[C@@H](NC(N)=S)C(C)(C)C)C2)c2cc(Cl)ccc12. The molecular formula is C32H40ClF2N5O7S2. The number of carbonyl (C=O) groups excluding carboxylic acids is 3. The Morgan fingerprint density at radius 3 is 2.41 bits per heavy atom. The van der Waals surface area contributed by atoms with E-state index in [2.05, 4.69) is 10.6 Å². The van der Waals surface area contributed by atoms with Crippen LogP contribution in [0.3, 0.4) is 0 Å². The molecule has 3 fully saturated rings. The van der Waals surface area contributed by atoms with E-state index >= 15 is 0 Å². The molecule has 5 rings (SSSR count). The second kappa shape index (κ2) is 13.7. The standard InChI is InChI=1S/C32H40ClF2N5O7S2/c1-31(2,3)26(37-30(36)48)28(42)40-15-18(47-24-10-9-23(46-4)20-8-5-17(33)12-21(20)24)13-22(40)27(41)38-32(14-16(32)11-25(34)35)29(43)39-49(44,45)19-6-7-19/h5,8-10,12,16,18-19,22,25-26H,6-7,11,13-15H2,1-4H3,(H,38,41)(H,39,43)(H3,36,37,48)/t16-,18?,22?,26-,32-/m1/s1. The number of nitrogens with zero attached hydrogens (tertiary/aromatic N) is 1. The van der Waals surface area contributed by atoms with Gasteiger partial charge in [0.1, 0.15) is 35.2 Å². The molecule has 5 N–H and O–H groups in total. The number of likely N-dealkylation sites (tertiary alicyclic amines) is 1. The van der Waals surface area contributed by atoms with E-state index in [4.69, 9.17) is 39.0 Å². The fourth-order valence-corrected chi connectivity index (χ4v) is 8.01. The fourth-order valence-electron chi connectivity index (χ4n) is 6.36. The van der Waals surface area contributed by atoms with Gasteiger partial charge in [0.25, 0.3) is 5.91 Å². The van der Waals surface area contributed by atoms with Crippen LogP contribution < -0.4 is 30.6 Å². The largest absolute Gasteiger partial charge is 0.496 e. The molecule has 2 aliphatic carbocycles. The van der Waals surface area contributed by atoms with Crippen LogP contribution in [0.25, 0.3) is 10.8 Å². The molecule has 1 saturated heterocycles. The number of nitrogens with one attached hydrogen (secondary N) is 3. The Labute approximate surface area is 293 Å². The number of rotatable bonds is 12. The molecule has 268 valence electrons. The third-order valence-corrected chi connectivity index (χ3v) is 11.3. The quantitative estimate of drug-likeness (QED) is 0.237. The Bertz CT molecular complexity index is 1770. The number of sulfonamides is 1. The number of amides is 3. The molecule has 2 saturated carbocycles. The van der Waals surface area contributed by atoms with Gasteiger partial charge in [-0.05, 0) is 73.1 Å². The molecule has 1 aliphatic heterocycles. The molecule has 2 aromatic carbocycles. The highest BCUT2D eigenvalue weighted by Crippen LogP contribution is 2.48. The van der Waals surface area contributed by atoms with Crippen molar-refractivity contribution in [1.82, 2.24) is 20.3 Å². The summed E-state index contributed by atoms with van der Waals surface area (Å²) in [6.45, 7) is 5.27. The van der Waals surface area contributed by atoms with Crippen LogP contribution in [0.15, 0.2) is 30.3 Å². The molecule has 49 heavy (non-hydrogen) atoms. The number of hydrogen-bond acceptors (Lipinski definition) is 8. The number of methoxy groups -OCH3 is 1. The van der Waals surface area contributed by atoms with Crippen LogP contribution in [0.2, 0.25) is 5.02 Å². The Kier molecular flexibility index (Phi) is 10.3. The Morgan fingerprint density at radius 1 is 1.14 bits per heavy atom. The van der Waals surface area contributed by atoms with Crippen molar-refractivity contribution in [3.05, 3.63) is 35.4 Å². The number of hydrogen-bond donors (Lipinski definition) is 4. The predicted molar refractivity (Wildman–Crippen MR) is 183 cm³/mol. The van der Waals surface area contributed by atoms with E-state index in [0.717, 1.165) is 0 Å². The molecule has 0 radical (unpaired) electrons. The minimum Gasteiger partial charge on any atom is -0.496 e. The zero-order valence-electron chi connectivity index (χ0n) is 27.4. The van der Waals surface area contributed by atoms with Gasteiger partial charge >= 0.3 is 0 Å². The highest BCUT2D eigenvalue weighted by Gasteiger charge is 2.63. The summed E-state index contributed by atoms with van der Waals surface area (Å²) in [6.07, 6.45) is -3.79. The first kappa shape index (κ1) is 36.8. The number of thiocarbonyl (C=S) groups is 1. The summed E-state index contributed by atoms with van der Waals surface area (Å²) in [5.41, 5.74) is 3.13. The highest BCUT2D eigenvalue weighted by atomic mass is 35.5. The molecule has 0 spiro atoms. The van der Waals surface area contributed by atoms with Crippen LogP contribution in [-0.4, -0.2) is 85.2 Å². The summed E-state index contributed by atoms with van der Waals surface area (Å²) in [5, 5.41) is 6.29. The van der Waals surface area contributed by atoms with Gasteiger partial charge in [0.05, 0.1) is 18.9 Å². The zero-order chi connectivity index (χ0) is 36.1. The second-order valence-electron chi connectivity index (χ2n) is 13.9. The predicted octanol–water partition coefficient (Wildman–Crippen LogP) is 3.24. The maximum absolute atomic E-state index is 14.2. The van der Waals surface area contributed by atoms with Crippen LogP contribution >= 0.6 is 23.8 Å². The highest BCUT2D eigenvalue weighted by molar-refractivity contribution is 7.91. The lowest BCUT2D eigenvalue weighted by Crippen LogP contribution is -2.60. The van der Waals surface area contributed by atoms with Gasteiger partial charge < -0.3 is 30.7 Å². The smallest absolute Gasteiger partial charge is 0.259 e. The van der Waals surface area contributed by atoms with E-state index < -0.39 is 80.9 Å². The summed E-state index contributed by atoms with van der Waals surface area (Å²) < 4.78 is 66.1. The molecule has 2 aromatic rings. The van der Waals surface area contributed by atoms with E-state index in [9.17, 15) is 31.6 Å². The van der Waals surface area contributed by atoms with Crippen LogP contribution in [-0.2, 0) is 24.4 Å². The first-order valence-electron chi connectivity index (χ1n) is 15.8. The maximum atomic E-state index is 14.2. The van der Waals surface area contributed by atoms with Crippen LogP contribution in [0, 0.1) is 11.3 Å². The number of alkyl halides is 2. The van der Waals surface area contributed by atoms with Gasteiger partial charge in [-0.15, -0.1) is 0 Å². The van der Waals surface area contributed by atoms with E-state index in [-0.39, 0.29) is 24.5 Å². The van der Waals surface area contributed by atoms with Gasteiger partial charge in [-0.1, -0.05) is 32.4 Å². The van der Waals surface area contributed by atoms with Crippen molar-refractivity contribution in [2.45, 2.75) is 88.3 Å². The van der Waals surface area contributed by atoms with E-state index in [0.29, 0.717) is 40.1 Å². The van der Waals surface area contributed by atoms with Crippen molar-refractivity contribution >= 4 is 67.4 Å². The molecule has 17 heteroatoms. The number of ether oxygens (including phenoxy) is 2. The summed E-state index contributed by atoms with van der Waals surface area (Å²) in [7, 11) is -2.51. The molecule has 2 unspecified atom stereocenters. The third-order valence-electron chi connectivity index (χ3n) is 9.18. The number of nitrogens with two attached hydrogens (primary N) is 1. The topological polar surface area (TPSA) is 169 Å². The van der Waals surface area contributed by atoms with Crippen LogP contribution in [0.5, 0.6) is 11.5 Å². The van der Waals surface area contributed by atoms with Crippen LogP contribution in [0.1, 0.15) is 52.9 Å². The van der Waals surface area contributed by atoms with Crippen molar-refractivity contribution in [3.8, 4) is 11.5 Å². The third kappa shape index (κ3) is 7.96. The summed E-state index contributed by atoms with van der Waals surface area (Å²) in [6, 6.07) is 6.36. The molecule has 0 aromatic heterocycles. The Balaban J connectivity index is 1.46. The van der Waals surface area contributed by atoms with Crippen molar-refractivity contribution < 1.29 is 41.1 Å². The van der Waals surface area contributed by atoms with Crippen molar-refractivity contribution in [2.75, 3.05) is 13.7 Å². The fraction of sp³-hybridized carbons (Fsp3) is 0.562. The first-order chi connectivity index (χ1) is 22.9. The number of benzene rings is 2. The Hall–Kier alpha value is -3.50. The molecule has 5 atom stereocenters. The zero-order valence-corrected chi connectivity index (χ0v) is 29.8. The summed E-state index contributed by atoms with van der Waals surface area (Å²) in [4.78, 5) is 43.0. The lowest BCUT2D eigenvalue weighted by Gasteiger charge is -2.35. The monoisotopic (exact) mass is 743 g/mol. The van der Waals surface area contributed by atoms with Gasteiger partial charge in [0.2, 0.25) is 28.3 Å². The van der Waals surface area contributed by atoms with Crippen LogP contribution in [0.4, 0.5) is 8.78 Å². The summed E-state index contributed by atoms with van der Waals surface area (Å²) in [5.74, 6) is -2.47. The maximum Gasteiger partial charge on any atom is 0.259 e. The minimum atomic E-state index is -4.04. The van der Waals surface area contributed by atoms with E-state index in [1.54, 1.807) is 51.1 Å². The molecule has 1 heterocycles. The van der Waals surface area contributed by atoms with Gasteiger partial charge in [0, 0.05) is 28.6 Å². The average Bonchev–Trinajstić information content (AvgIpc) is 3.92. The molecule has 3 amide bonds. The summed E-state index contributed by atoms with van der Waals surface area (Å²) >= 11 is 11.3. The Morgan fingerprint density at radius 2 is 1.82 bits per heavy atom. The van der Waals surface area contributed by atoms with Crippen molar-refractivity contribution in [2.24, 2.45) is 17.1 Å². The second-order valence-corrected chi connectivity index (χ2v) is 16.7. The molecule has 0 bridgehead atoms. The van der Waals surface area contributed by atoms with Crippen molar-refractivity contribution in [3.63, 3.8) is 0 Å². The lowest BCUT2D eigenvalue weighted by molar-refractivity contribution is -0.142. The van der Waals surface area contributed by atoms with E-state index in [1.807, 2.05) is 4.72 Å². The molecular weight excluding hydrogens is 704 g/mol. The van der Waals surface area contributed by atoms with Gasteiger partial charge in [0.15, 0.2) is 5.11 Å². The van der Waals surface area contributed by atoms with Gasteiger partial charge in [-0.2, -0.15) is 0 Å². The first-order valence-corrected chi connectivity index (χ1v) is 18.1. The number of carbonyl (C=O) groups is 3. The molecule has 3 aliphatic rings. The normalized spacial score (nSPS) is 24.3. The van der Waals surface area contributed by atoms with Crippen molar-refractivity contribution in [1.29, 1.82) is 0 Å². The molecule has 12 nitrogen and oxygen atoms in total. The van der Waals surface area contributed by atoms with E-state index in [1.165, 1.54) is 12.0 Å². The average molecular weight is 744 g/mol. The lowest BCUT2D eigenvalue weighted by atomic mass is 9.85. The minimum absolute atomic E-state index is 0.0484. The number of fused-ring (bicyclic) bond motifs is 1.